The first-order valence-corrected chi connectivity index (χ1v) is 9.39. The van der Waals surface area contributed by atoms with Gasteiger partial charge in [0.2, 0.25) is 0 Å². The number of ether oxygens (including phenoxy) is 1. The van der Waals surface area contributed by atoms with E-state index in [0.717, 1.165) is 5.56 Å². The van der Waals surface area contributed by atoms with E-state index in [-0.39, 0.29) is 17.7 Å². The van der Waals surface area contributed by atoms with Gasteiger partial charge in [-0.1, -0.05) is 30.3 Å². The fraction of sp³-hybridized carbons (Fsp3) is 0.318. The molecule has 2 aromatic carbocycles. The number of hydrogen-bond donors (Lipinski definition) is 0. The third-order valence-corrected chi connectivity index (χ3v) is 4.83. The molecule has 0 bridgehead atoms. The van der Waals surface area contributed by atoms with E-state index >= 15 is 0 Å². The predicted octanol–water partition coefficient (Wildman–Crippen LogP) is 2.98. The van der Waals surface area contributed by atoms with Crippen LogP contribution >= 0.6 is 0 Å². The van der Waals surface area contributed by atoms with Crippen molar-refractivity contribution in [1.82, 2.24) is 9.80 Å². The summed E-state index contributed by atoms with van der Waals surface area (Å²) in [6.07, 6.45) is 0.578. The van der Waals surface area contributed by atoms with E-state index in [1.165, 1.54) is 4.90 Å². The second-order valence-corrected chi connectivity index (χ2v) is 6.67. The van der Waals surface area contributed by atoms with Crippen LogP contribution in [0, 0.1) is 0 Å². The molecular weight excluding hydrogens is 356 g/mol. The maximum absolute atomic E-state index is 13.0. The van der Waals surface area contributed by atoms with Crippen molar-refractivity contribution < 1.29 is 19.1 Å². The second kappa shape index (κ2) is 8.80. The Kier molecular flexibility index (Phi) is 6.21. The number of carbonyl (C=O) groups is 3. The molecule has 0 aromatic heterocycles. The minimum atomic E-state index is -0.350. The average molecular weight is 380 g/mol. The zero-order valence-electron chi connectivity index (χ0n) is 16.2. The van der Waals surface area contributed by atoms with Gasteiger partial charge in [-0.15, -0.1) is 0 Å². The molecule has 6 nitrogen and oxygen atoms in total. The quantitative estimate of drug-likeness (QED) is 0.522. The maximum Gasteiger partial charge on any atom is 0.261 e. The van der Waals surface area contributed by atoms with Gasteiger partial charge in [0.15, 0.2) is 0 Å². The summed E-state index contributed by atoms with van der Waals surface area (Å²) < 4.78 is 4.99. The van der Waals surface area contributed by atoms with Crippen molar-refractivity contribution in [3.8, 4) is 0 Å². The topological polar surface area (TPSA) is 66.9 Å². The number of carbonyl (C=O) groups excluding carboxylic acids is 3. The number of amides is 3. The molecule has 0 unspecified atom stereocenters. The Morgan fingerprint density at radius 1 is 1.04 bits per heavy atom. The van der Waals surface area contributed by atoms with Crippen LogP contribution in [-0.4, -0.2) is 54.3 Å². The summed E-state index contributed by atoms with van der Waals surface area (Å²) in [5.74, 6) is -0.823. The SMILES string of the molecule is CCN(Cc1ccccc1)C(=O)c1ccc2c(c1)C(=O)N(CCCOC)C2=O. The lowest BCUT2D eigenvalue weighted by Crippen LogP contribution is -2.31. The summed E-state index contributed by atoms with van der Waals surface area (Å²) in [7, 11) is 1.58. The lowest BCUT2D eigenvalue weighted by molar-refractivity contribution is 0.0638. The third kappa shape index (κ3) is 3.97. The van der Waals surface area contributed by atoms with Crippen molar-refractivity contribution in [2.45, 2.75) is 19.9 Å². The molecule has 1 aliphatic rings. The summed E-state index contributed by atoms with van der Waals surface area (Å²) in [6, 6.07) is 14.5. The molecule has 0 atom stereocenters. The average Bonchev–Trinajstić information content (AvgIpc) is 2.96. The Labute approximate surface area is 164 Å². The summed E-state index contributed by atoms with van der Waals surface area (Å²) in [6.45, 7) is 3.73. The van der Waals surface area contributed by atoms with E-state index in [9.17, 15) is 14.4 Å². The molecule has 2 aromatic rings. The van der Waals surface area contributed by atoms with Crippen LogP contribution < -0.4 is 0 Å². The number of methoxy groups -OCH3 is 1. The maximum atomic E-state index is 13.0. The van der Waals surface area contributed by atoms with Gasteiger partial charge in [0.1, 0.15) is 0 Å². The summed E-state index contributed by atoms with van der Waals surface area (Å²) >= 11 is 0. The molecule has 0 radical (unpaired) electrons. The fourth-order valence-electron chi connectivity index (χ4n) is 3.31. The van der Waals surface area contributed by atoms with E-state index in [1.54, 1.807) is 30.2 Å². The van der Waals surface area contributed by atoms with Crippen LogP contribution in [0.3, 0.4) is 0 Å². The zero-order valence-corrected chi connectivity index (χ0v) is 16.2. The molecule has 3 amide bonds. The number of rotatable bonds is 8. The van der Waals surface area contributed by atoms with E-state index in [0.29, 0.717) is 49.4 Å². The summed E-state index contributed by atoms with van der Waals surface area (Å²) in [5, 5.41) is 0. The first-order chi connectivity index (χ1) is 13.6. The lowest BCUT2D eigenvalue weighted by atomic mass is 10.0. The Hall–Kier alpha value is -2.99. The van der Waals surface area contributed by atoms with Crippen molar-refractivity contribution >= 4 is 17.7 Å². The smallest absolute Gasteiger partial charge is 0.261 e. The molecule has 0 N–H and O–H groups in total. The minimum Gasteiger partial charge on any atom is -0.385 e. The Morgan fingerprint density at radius 2 is 1.75 bits per heavy atom. The van der Waals surface area contributed by atoms with Crippen molar-refractivity contribution in [3.63, 3.8) is 0 Å². The molecule has 28 heavy (non-hydrogen) atoms. The molecule has 0 fully saturated rings. The van der Waals surface area contributed by atoms with Gasteiger partial charge in [-0.2, -0.15) is 0 Å². The first-order valence-electron chi connectivity index (χ1n) is 9.39. The Balaban J connectivity index is 1.79. The van der Waals surface area contributed by atoms with Gasteiger partial charge in [0, 0.05) is 38.9 Å². The van der Waals surface area contributed by atoms with E-state index < -0.39 is 0 Å². The van der Waals surface area contributed by atoms with Gasteiger partial charge in [0.25, 0.3) is 17.7 Å². The van der Waals surface area contributed by atoms with Crippen molar-refractivity contribution in [2.75, 3.05) is 26.8 Å². The molecule has 0 saturated heterocycles. The number of hydrogen-bond acceptors (Lipinski definition) is 4. The molecule has 0 spiro atoms. The molecular formula is C22H24N2O4. The number of benzene rings is 2. The highest BCUT2D eigenvalue weighted by Crippen LogP contribution is 2.25. The summed E-state index contributed by atoms with van der Waals surface area (Å²) in [5.41, 5.74) is 2.10. The molecule has 1 aliphatic heterocycles. The molecule has 6 heteroatoms. The third-order valence-electron chi connectivity index (χ3n) is 4.83. The van der Waals surface area contributed by atoms with Crippen molar-refractivity contribution in [1.29, 1.82) is 0 Å². The Morgan fingerprint density at radius 3 is 2.43 bits per heavy atom. The van der Waals surface area contributed by atoms with E-state index in [4.69, 9.17) is 4.74 Å². The fourth-order valence-corrected chi connectivity index (χ4v) is 3.31. The lowest BCUT2D eigenvalue weighted by Gasteiger charge is -2.21. The van der Waals surface area contributed by atoms with Crippen LogP contribution in [0.4, 0.5) is 0 Å². The van der Waals surface area contributed by atoms with E-state index in [1.807, 2.05) is 37.3 Å². The molecule has 3 rings (SSSR count). The molecule has 0 saturated carbocycles. The van der Waals surface area contributed by atoms with Gasteiger partial charge in [-0.3, -0.25) is 19.3 Å². The largest absolute Gasteiger partial charge is 0.385 e. The monoisotopic (exact) mass is 380 g/mol. The molecule has 1 heterocycles. The standard InChI is InChI=1S/C22H24N2O4/c1-3-23(15-16-8-5-4-6-9-16)20(25)17-10-11-18-19(14-17)22(27)24(21(18)26)12-7-13-28-2/h4-6,8-11,14H,3,7,12-13,15H2,1-2H3. The highest BCUT2D eigenvalue weighted by Gasteiger charge is 2.35. The minimum absolute atomic E-state index is 0.160. The van der Waals surface area contributed by atoms with Gasteiger partial charge >= 0.3 is 0 Å². The van der Waals surface area contributed by atoms with Gasteiger partial charge < -0.3 is 9.64 Å². The van der Waals surface area contributed by atoms with Gasteiger partial charge in [-0.05, 0) is 37.1 Å². The highest BCUT2D eigenvalue weighted by molar-refractivity contribution is 6.22. The van der Waals surface area contributed by atoms with Crippen LogP contribution in [0.2, 0.25) is 0 Å². The van der Waals surface area contributed by atoms with Crippen LogP contribution in [-0.2, 0) is 11.3 Å². The molecule has 146 valence electrons. The number of imide groups is 1. The van der Waals surface area contributed by atoms with Crippen LogP contribution in [0.25, 0.3) is 0 Å². The number of nitrogens with zero attached hydrogens (tertiary/aromatic N) is 2. The summed E-state index contributed by atoms with van der Waals surface area (Å²) in [4.78, 5) is 41.0. The van der Waals surface area contributed by atoms with Crippen molar-refractivity contribution in [2.24, 2.45) is 0 Å². The van der Waals surface area contributed by atoms with Crippen molar-refractivity contribution in [3.05, 3.63) is 70.8 Å². The predicted molar refractivity (Wildman–Crippen MR) is 105 cm³/mol. The molecule has 0 aliphatic carbocycles. The van der Waals surface area contributed by atoms with Crippen LogP contribution in [0.5, 0.6) is 0 Å². The van der Waals surface area contributed by atoms with E-state index in [2.05, 4.69) is 0 Å². The Bertz CT molecular complexity index is 879. The van der Waals surface area contributed by atoms with Crippen LogP contribution in [0.1, 0.15) is 50.0 Å². The zero-order chi connectivity index (χ0) is 20.1. The van der Waals surface area contributed by atoms with Gasteiger partial charge in [0.05, 0.1) is 11.1 Å². The highest BCUT2D eigenvalue weighted by atomic mass is 16.5. The second-order valence-electron chi connectivity index (χ2n) is 6.67. The van der Waals surface area contributed by atoms with Gasteiger partial charge in [-0.25, -0.2) is 0 Å². The number of fused-ring (bicyclic) bond motifs is 1. The normalized spacial score (nSPS) is 13.0. The first kappa shape index (κ1) is 19.8. The van der Waals surface area contributed by atoms with Crippen LogP contribution in [0.15, 0.2) is 48.5 Å².